The summed E-state index contributed by atoms with van der Waals surface area (Å²) >= 11 is 0. The molecule has 0 heterocycles. The van der Waals surface area contributed by atoms with Crippen LogP contribution in [0.5, 0.6) is 0 Å². The lowest BCUT2D eigenvalue weighted by Gasteiger charge is -2.10. The smallest absolute Gasteiger partial charge is 0.411 e. The van der Waals surface area contributed by atoms with E-state index in [4.69, 9.17) is 10.5 Å². The number of carbonyl (C=O) groups is 1. The topological polar surface area (TPSA) is 67.6 Å². The molecule has 0 saturated carbocycles. The van der Waals surface area contributed by atoms with Crippen molar-refractivity contribution < 1.29 is 9.53 Å². The third-order valence-electron chi connectivity index (χ3n) is 2.12. The number of nitrogen functional groups attached to an aromatic ring is 1. The minimum absolute atomic E-state index is 0.409. The van der Waals surface area contributed by atoms with Gasteiger partial charge in [-0.15, -0.1) is 0 Å². The van der Waals surface area contributed by atoms with Gasteiger partial charge < -0.3 is 15.4 Å². The summed E-state index contributed by atoms with van der Waals surface area (Å²) in [5.41, 5.74) is 6.84. The van der Waals surface area contributed by atoms with Crippen molar-refractivity contribution in [2.24, 2.45) is 0 Å². The predicted octanol–water partition coefficient (Wildman–Crippen LogP) is 1.77. The lowest BCUT2D eigenvalue weighted by atomic mass is 10.3. The highest BCUT2D eigenvalue weighted by Crippen LogP contribution is 2.11. The highest BCUT2D eigenvalue weighted by molar-refractivity contribution is 5.85. The fraction of sp³-hybridized carbons (Fsp3) is 0.417. The average molecular weight is 237 g/mol. The Kier molecular flexibility index (Phi) is 5.29. The number of nitrogens with zero attached hydrogens (tertiary/aromatic N) is 1. The van der Waals surface area contributed by atoms with Gasteiger partial charge in [-0.1, -0.05) is 6.07 Å². The number of nitrogens with two attached hydrogens (primary N) is 1. The summed E-state index contributed by atoms with van der Waals surface area (Å²) in [5, 5.41) is 2.62. The van der Waals surface area contributed by atoms with E-state index in [1.807, 2.05) is 19.0 Å². The van der Waals surface area contributed by atoms with Crippen molar-refractivity contribution in [2.75, 3.05) is 38.3 Å². The van der Waals surface area contributed by atoms with E-state index in [0.717, 1.165) is 13.0 Å². The van der Waals surface area contributed by atoms with E-state index >= 15 is 0 Å². The van der Waals surface area contributed by atoms with Gasteiger partial charge in [0.15, 0.2) is 0 Å². The van der Waals surface area contributed by atoms with Gasteiger partial charge >= 0.3 is 6.09 Å². The summed E-state index contributed by atoms with van der Waals surface area (Å²) in [6, 6.07) is 6.98. The van der Waals surface area contributed by atoms with Gasteiger partial charge in [0.05, 0.1) is 6.61 Å². The van der Waals surface area contributed by atoms with E-state index in [2.05, 4.69) is 5.32 Å². The second kappa shape index (κ2) is 6.75. The molecule has 0 bridgehead atoms. The van der Waals surface area contributed by atoms with Crippen molar-refractivity contribution in [3.63, 3.8) is 0 Å². The van der Waals surface area contributed by atoms with Gasteiger partial charge in [0.25, 0.3) is 0 Å². The molecular formula is C12H19N3O2. The van der Waals surface area contributed by atoms with Gasteiger partial charge in [-0.3, -0.25) is 5.32 Å². The molecule has 1 aromatic carbocycles. The molecule has 94 valence electrons. The molecule has 1 amide bonds. The molecule has 0 saturated heterocycles. The highest BCUT2D eigenvalue weighted by Gasteiger charge is 2.02. The molecular weight excluding hydrogens is 218 g/mol. The maximum atomic E-state index is 11.4. The minimum Gasteiger partial charge on any atom is -0.449 e. The molecule has 0 aliphatic rings. The molecule has 17 heavy (non-hydrogen) atoms. The average Bonchev–Trinajstić information content (AvgIpc) is 2.24. The number of rotatable bonds is 5. The molecule has 0 aliphatic heterocycles. The number of carbonyl (C=O) groups excluding carboxylic acids is 1. The Morgan fingerprint density at radius 3 is 2.88 bits per heavy atom. The predicted molar refractivity (Wildman–Crippen MR) is 69.0 cm³/mol. The number of benzene rings is 1. The van der Waals surface area contributed by atoms with E-state index < -0.39 is 6.09 Å². The van der Waals surface area contributed by atoms with Crippen molar-refractivity contribution in [1.29, 1.82) is 0 Å². The standard InChI is InChI=1S/C12H19N3O2/c1-15(2)7-4-8-17-12(16)14-11-6-3-5-10(13)9-11/h3,5-6,9H,4,7-8,13H2,1-2H3,(H,14,16). The zero-order valence-electron chi connectivity index (χ0n) is 10.3. The van der Waals surface area contributed by atoms with E-state index in [1.54, 1.807) is 24.3 Å². The Hall–Kier alpha value is -1.75. The minimum atomic E-state index is -0.450. The van der Waals surface area contributed by atoms with Crippen molar-refractivity contribution in [3.8, 4) is 0 Å². The normalized spacial score (nSPS) is 10.3. The molecule has 1 rings (SSSR count). The zero-order chi connectivity index (χ0) is 12.7. The van der Waals surface area contributed by atoms with Crippen LogP contribution in [0.3, 0.4) is 0 Å². The molecule has 5 heteroatoms. The van der Waals surface area contributed by atoms with Crippen molar-refractivity contribution >= 4 is 17.5 Å². The third kappa shape index (κ3) is 5.77. The lowest BCUT2D eigenvalue weighted by molar-refractivity contribution is 0.156. The van der Waals surface area contributed by atoms with Gasteiger partial charge in [0.2, 0.25) is 0 Å². The second-order valence-electron chi connectivity index (χ2n) is 4.04. The molecule has 0 spiro atoms. The first-order chi connectivity index (χ1) is 8.08. The summed E-state index contributed by atoms with van der Waals surface area (Å²) < 4.78 is 5.02. The van der Waals surface area contributed by atoms with Gasteiger partial charge in [0.1, 0.15) is 0 Å². The van der Waals surface area contributed by atoms with Crippen LogP contribution in [0.2, 0.25) is 0 Å². The summed E-state index contributed by atoms with van der Waals surface area (Å²) in [5.74, 6) is 0. The van der Waals surface area contributed by atoms with Crippen LogP contribution in [0.15, 0.2) is 24.3 Å². The molecule has 1 aromatic rings. The van der Waals surface area contributed by atoms with E-state index in [-0.39, 0.29) is 0 Å². The molecule has 0 atom stereocenters. The monoisotopic (exact) mass is 237 g/mol. The summed E-state index contributed by atoms with van der Waals surface area (Å²) in [6.07, 6.45) is 0.367. The zero-order valence-corrected chi connectivity index (χ0v) is 10.3. The Bertz CT molecular complexity index is 367. The van der Waals surface area contributed by atoms with Crippen LogP contribution in [0.1, 0.15) is 6.42 Å². The molecule has 0 aliphatic carbocycles. The van der Waals surface area contributed by atoms with Crippen LogP contribution in [0.25, 0.3) is 0 Å². The molecule has 0 aromatic heterocycles. The van der Waals surface area contributed by atoms with E-state index in [0.29, 0.717) is 18.0 Å². The first-order valence-electron chi connectivity index (χ1n) is 5.52. The Labute approximate surface area is 102 Å². The number of anilines is 2. The van der Waals surface area contributed by atoms with Crippen LogP contribution in [-0.4, -0.2) is 38.2 Å². The van der Waals surface area contributed by atoms with Crippen LogP contribution in [-0.2, 0) is 4.74 Å². The highest BCUT2D eigenvalue weighted by atomic mass is 16.5. The Morgan fingerprint density at radius 2 is 2.24 bits per heavy atom. The maximum absolute atomic E-state index is 11.4. The van der Waals surface area contributed by atoms with Crippen LogP contribution < -0.4 is 11.1 Å². The third-order valence-corrected chi connectivity index (χ3v) is 2.12. The van der Waals surface area contributed by atoms with Gasteiger partial charge in [-0.25, -0.2) is 4.79 Å². The Balaban J connectivity index is 2.25. The number of amides is 1. The number of ether oxygens (including phenoxy) is 1. The van der Waals surface area contributed by atoms with E-state index in [9.17, 15) is 4.79 Å². The summed E-state index contributed by atoms with van der Waals surface area (Å²) in [4.78, 5) is 13.4. The first-order valence-corrected chi connectivity index (χ1v) is 5.52. The number of hydrogen-bond donors (Lipinski definition) is 2. The van der Waals surface area contributed by atoms with Gasteiger partial charge in [-0.2, -0.15) is 0 Å². The fourth-order valence-electron chi connectivity index (χ4n) is 1.32. The second-order valence-corrected chi connectivity index (χ2v) is 4.04. The number of nitrogens with one attached hydrogen (secondary N) is 1. The first kappa shape index (κ1) is 13.3. The largest absolute Gasteiger partial charge is 0.449 e. The Morgan fingerprint density at radius 1 is 1.47 bits per heavy atom. The van der Waals surface area contributed by atoms with Crippen LogP contribution in [0.4, 0.5) is 16.2 Å². The quantitative estimate of drug-likeness (QED) is 0.605. The molecule has 5 nitrogen and oxygen atoms in total. The van der Waals surface area contributed by atoms with Gasteiger partial charge in [0, 0.05) is 17.9 Å². The molecule has 3 N–H and O–H groups in total. The number of hydrogen-bond acceptors (Lipinski definition) is 4. The van der Waals surface area contributed by atoms with Crippen molar-refractivity contribution in [1.82, 2.24) is 4.90 Å². The summed E-state index contributed by atoms with van der Waals surface area (Å²) in [6.45, 7) is 1.30. The molecule has 0 radical (unpaired) electrons. The van der Waals surface area contributed by atoms with Crippen LogP contribution >= 0.6 is 0 Å². The molecule has 0 fully saturated rings. The van der Waals surface area contributed by atoms with Crippen molar-refractivity contribution in [2.45, 2.75) is 6.42 Å². The van der Waals surface area contributed by atoms with Crippen LogP contribution in [0, 0.1) is 0 Å². The summed E-state index contributed by atoms with van der Waals surface area (Å²) in [7, 11) is 3.96. The fourth-order valence-corrected chi connectivity index (χ4v) is 1.32. The van der Waals surface area contributed by atoms with Gasteiger partial charge in [-0.05, 0) is 38.7 Å². The SMILES string of the molecule is CN(C)CCCOC(=O)Nc1cccc(N)c1. The maximum Gasteiger partial charge on any atom is 0.411 e. The van der Waals surface area contributed by atoms with Crippen molar-refractivity contribution in [3.05, 3.63) is 24.3 Å². The lowest BCUT2D eigenvalue weighted by Crippen LogP contribution is -2.18. The molecule has 0 unspecified atom stereocenters. The van der Waals surface area contributed by atoms with E-state index in [1.165, 1.54) is 0 Å².